The number of unbranched alkanes of at least 4 members (excludes halogenated alkanes) is 5. The van der Waals surface area contributed by atoms with Crippen LogP contribution in [0.3, 0.4) is 0 Å². The van der Waals surface area contributed by atoms with Crippen LogP contribution in [0.5, 0.6) is 0 Å². The molecule has 0 spiro atoms. The van der Waals surface area contributed by atoms with E-state index in [2.05, 4.69) is 34.6 Å². The van der Waals surface area contributed by atoms with Gasteiger partial charge in [0.2, 0.25) is 0 Å². The summed E-state index contributed by atoms with van der Waals surface area (Å²) in [4.78, 5) is 0. The molecule has 0 heterocycles. The van der Waals surface area contributed by atoms with E-state index in [1.165, 1.54) is 32.1 Å². The van der Waals surface area contributed by atoms with E-state index < -0.39 is 8.53 Å². The van der Waals surface area contributed by atoms with Gasteiger partial charge in [0.15, 0.2) is 0 Å². The number of nitriles is 1. The number of hydrogen-bond donors (Lipinski definition) is 1. The van der Waals surface area contributed by atoms with E-state index in [0.29, 0.717) is 19.6 Å². The molecule has 0 aliphatic rings. The molecule has 0 aromatic carbocycles. The molecule has 0 aliphatic carbocycles. The van der Waals surface area contributed by atoms with Gasteiger partial charge in [0.25, 0.3) is 8.53 Å². The quantitative estimate of drug-likeness (QED) is 0.363. The third-order valence-electron chi connectivity index (χ3n) is 3.48. The molecule has 0 rings (SSSR count). The average Bonchev–Trinajstić information content (AvgIpc) is 2.47. The first kappa shape index (κ1) is 24.1. The highest BCUT2D eigenvalue weighted by Crippen LogP contribution is 2.28. The Morgan fingerprint density at radius 3 is 1.91 bits per heavy atom. The Balaban J connectivity index is 0. The third kappa shape index (κ3) is 22.1. The number of nitrogens with zero attached hydrogens (tertiary/aromatic N) is 1. The van der Waals surface area contributed by atoms with Crippen molar-refractivity contribution in [2.75, 3.05) is 13.2 Å². The normalized spacial score (nSPS) is 12.0. The molecule has 0 bridgehead atoms. The summed E-state index contributed by atoms with van der Waals surface area (Å²) in [6, 6.07) is 1.99. The van der Waals surface area contributed by atoms with Crippen molar-refractivity contribution in [3.05, 3.63) is 0 Å². The highest BCUT2D eigenvalue weighted by molar-refractivity contribution is 7.44. The maximum atomic E-state index is 8.29. The molecule has 5 heteroatoms. The minimum absolute atomic E-state index is 0.370. The Labute approximate surface area is 139 Å². The van der Waals surface area contributed by atoms with Gasteiger partial charge in [-0.05, 0) is 18.3 Å². The van der Waals surface area contributed by atoms with Crippen LogP contribution in [0.4, 0.5) is 0 Å². The van der Waals surface area contributed by atoms with Gasteiger partial charge in [-0.3, -0.25) is 5.50 Å². The smallest absolute Gasteiger partial charge is 0.252 e. The van der Waals surface area contributed by atoms with E-state index in [9.17, 15) is 0 Å². The molecule has 0 saturated heterocycles. The van der Waals surface area contributed by atoms with Crippen LogP contribution in [0.2, 0.25) is 0 Å². The first-order chi connectivity index (χ1) is 10.5. The Hall–Kier alpha value is -0.200. The highest BCUT2D eigenvalue weighted by Gasteiger charge is 2.02. The van der Waals surface area contributed by atoms with E-state index in [1.807, 2.05) is 6.07 Å². The van der Waals surface area contributed by atoms with Crippen LogP contribution in [0.15, 0.2) is 0 Å². The number of rotatable bonds is 12. The Kier molecular flexibility index (Phi) is 20.6. The van der Waals surface area contributed by atoms with Crippen LogP contribution in [-0.2, 0) is 9.05 Å². The van der Waals surface area contributed by atoms with Crippen molar-refractivity contribution in [2.24, 2.45) is 17.3 Å². The molecule has 2 N–H and O–H groups in total. The lowest BCUT2D eigenvalue weighted by Crippen LogP contribution is -2.01. The molecular formula is C17H37N2O2P. The summed E-state index contributed by atoms with van der Waals surface area (Å²) in [5.41, 5.74) is 5.59. The minimum Gasteiger partial charge on any atom is -0.322 e. The van der Waals surface area contributed by atoms with Crippen molar-refractivity contribution in [3.63, 3.8) is 0 Å². The lowest BCUT2D eigenvalue weighted by Gasteiger charge is -2.10. The predicted octanol–water partition coefficient (Wildman–Crippen LogP) is 5.78. The summed E-state index contributed by atoms with van der Waals surface area (Å²) >= 11 is 0. The average molecular weight is 332 g/mol. The van der Waals surface area contributed by atoms with Crippen molar-refractivity contribution in [1.82, 2.24) is 0 Å². The second-order valence-electron chi connectivity index (χ2n) is 6.12. The van der Waals surface area contributed by atoms with Crippen LogP contribution in [-0.4, -0.2) is 13.2 Å². The minimum atomic E-state index is -1.27. The van der Waals surface area contributed by atoms with Crippen molar-refractivity contribution in [3.8, 4) is 6.07 Å². The van der Waals surface area contributed by atoms with Gasteiger partial charge in [0, 0.05) is 0 Å². The molecule has 0 aromatic heterocycles. The highest BCUT2D eigenvalue weighted by atomic mass is 31.2. The van der Waals surface area contributed by atoms with Crippen LogP contribution < -0.4 is 5.50 Å². The number of nitrogens with two attached hydrogens (primary N) is 1. The molecule has 0 radical (unpaired) electrons. The fourth-order valence-electron chi connectivity index (χ4n) is 1.26. The van der Waals surface area contributed by atoms with Crippen molar-refractivity contribution in [2.45, 2.75) is 79.6 Å². The topological polar surface area (TPSA) is 68.3 Å². The monoisotopic (exact) mass is 332 g/mol. The van der Waals surface area contributed by atoms with Crippen LogP contribution in [0.1, 0.15) is 79.6 Å². The van der Waals surface area contributed by atoms with Crippen molar-refractivity contribution >= 4 is 8.53 Å². The fourth-order valence-corrected chi connectivity index (χ4v) is 1.91. The van der Waals surface area contributed by atoms with Crippen LogP contribution in [0, 0.1) is 23.2 Å². The second kappa shape index (κ2) is 18.8. The van der Waals surface area contributed by atoms with Gasteiger partial charge >= 0.3 is 0 Å². The SMILES string of the molecule is CC(C)C(C)C.CCCCCCCCOP(N)OCCC#N. The van der Waals surface area contributed by atoms with Gasteiger partial charge in [-0.2, -0.15) is 5.26 Å². The summed E-state index contributed by atoms with van der Waals surface area (Å²) in [6.45, 7) is 12.2. The summed E-state index contributed by atoms with van der Waals surface area (Å²) < 4.78 is 10.4. The summed E-state index contributed by atoms with van der Waals surface area (Å²) in [7, 11) is -1.27. The van der Waals surface area contributed by atoms with Crippen molar-refractivity contribution < 1.29 is 9.05 Å². The lowest BCUT2D eigenvalue weighted by molar-refractivity contribution is 0.248. The first-order valence-corrected chi connectivity index (χ1v) is 9.87. The first-order valence-electron chi connectivity index (χ1n) is 8.63. The van der Waals surface area contributed by atoms with Gasteiger partial charge in [0.05, 0.1) is 25.7 Å². The van der Waals surface area contributed by atoms with E-state index >= 15 is 0 Å². The van der Waals surface area contributed by atoms with Gasteiger partial charge < -0.3 is 9.05 Å². The molecule has 0 saturated carbocycles. The van der Waals surface area contributed by atoms with E-state index in [4.69, 9.17) is 19.8 Å². The van der Waals surface area contributed by atoms with Gasteiger partial charge in [0.1, 0.15) is 0 Å². The van der Waals surface area contributed by atoms with Crippen LogP contribution in [0.25, 0.3) is 0 Å². The number of hydrogen-bond acceptors (Lipinski definition) is 4. The molecule has 0 aromatic rings. The zero-order chi connectivity index (χ0) is 17.2. The molecule has 0 amide bonds. The van der Waals surface area contributed by atoms with E-state index in [1.54, 1.807) is 0 Å². The predicted molar refractivity (Wildman–Crippen MR) is 96.3 cm³/mol. The third-order valence-corrected chi connectivity index (χ3v) is 4.36. The van der Waals surface area contributed by atoms with Crippen LogP contribution >= 0.6 is 8.53 Å². The molecule has 132 valence electrons. The molecule has 0 fully saturated rings. The Morgan fingerprint density at radius 2 is 1.41 bits per heavy atom. The Bertz CT molecular complexity index is 250. The summed E-state index contributed by atoms with van der Waals surface area (Å²) in [5, 5.41) is 8.29. The molecule has 1 unspecified atom stereocenters. The van der Waals surface area contributed by atoms with Crippen molar-refractivity contribution in [1.29, 1.82) is 5.26 Å². The van der Waals surface area contributed by atoms with Gasteiger partial charge in [-0.1, -0.05) is 66.7 Å². The van der Waals surface area contributed by atoms with Gasteiger partial charge in [-0.25, -0.2) is 0 Å². The van der Waals surface area contributed by atoms with E-state index in [-0.39, 0.29) is 0 Å². The molecule has 4 nitrogen and oxygen atoms in total. The fraction of sp³-hybridized carbons (Fsp3) is 0.941. The van der Waals surface area contributed by atoms with Gasteiger partial charge in [-0.15, -0.1) is 0 Å². The summed E-state index contributed by atoms with van der Waals surface area (Å²) in [6.07, 6.45) is 7.79. The maximum Gasteiger partial charge on any atom is 0.252 e. The summed E-state index contributed by atoms with van der Waals surface area (Å²) in [5.74, 6) is 1.70. The van der Waals surface area contributed by atoms with E-state index in [0.717, 1.165) is 18.3 Å². The lowest BCUT2D eigenvalue weighted by atomic mass is 10.0. The zero-order valence-electron chi connectivity index (χ0n) is 15.3. The maximum absolute atomic E-state index is 8.29. The molecule has 0 aliphatic heterocycles. The zero-order valence-corrected chi connectivity index (χ0v) is 16.2. The second-order valence-corrected chi connectivity index (χ2v) is 7.20. The standard InChI is InChI=1S/C11H23N2O2P.C6H14/c1-2-3-4-5-6-7-10-14-16(13)15-11-8-9-12;1-5(2)6(3)4/h2-8,10-11,13H2,1H3;5-6H,1-4H3. The largest absolute Gasteiger partial charge is 0.322 e. The molecule has 22 heavy (non-hydrogen) atoms. The Morgan fingerprint density at radius 1 is 0.909 bits per heavy atom. The molecular weight excluding hydrogens is 295 g/mol. The molecule has 1 atom stereocenters.